The summed E-state index contributed by atoms with van der Waals surface area (Å²) in [6, 6.07) is 19.9. The number of carbonyl (C=O) groups is 1. The molecule has 39 heavy (non-hydrogen) atoms. The lowest BCUT2D eigenvalue weighted by molar-refractivity contribution is -0.120. The van der Waals surface area contributed by atoms with Crippen LogP contribution in [0.15, 0.2) is 77.7 Å². The number of halogens is 2. The molecule has 0 aliphatic carbocycles. The van der Waals surface area contributed by atoms with Gasteiger partial charge in [-0.3, -0.25) is 9.52 Å². The molecule has 2 N–H and O–H groups in total. The fourth-order valence-electron chi connectivity index (χ4n) is 4.42. The van der Waals surface area contributed by atoms with Crippen molar-refractivity contribution in [3.8, 4) is 0 Å². The number of nitrogens with zero attached hydrogens (tertiary/aromatic N) is 1. The van der Waals surface area contributed by atoms with Gasteiger partial charge in [0.1, 0.15) is 0 Å². The molecule has 0 unspecified atom stereocenters. The highest BCUT2D eigenvalue weighted by molar-refractivity contribution is 7.92. The van der Waals surface area contributed by atoms with Crippen LogP contribution >= 0.6 is 23.2 Å². The van der Waals surface area contributed by atoms with E-state index in [1.165, 1.54) is 46.8 Å². The number of sulfonamides is 2. The molecule has 1 aliphatic heterocycles. The Morgan fingerprint density at radius 2 is 1.46 bits per heavy atom. The van der Waals surface area contributed by atoms with Crippen molar-refractivity contribution in [2.24, 2.45) is 5.92 Å². The zero-order chi connectivity index (χ0) is 28.0. The Kier molecular flexibility index (Phi) is 9.56. The summed E-state index contributed by atoms with van der Waals surface area (Å²) in [6.07, 6.45) is 2.08. The summed E-state index contributed by atoms with van der Waals surface area (Å²) in [4.78, 5) is 12.8. The van der Waals surface area contributed by atoms with E-state index in [9.17, 15) is 21.6 Å². The average Bonchev–Trinajstić information content (AvgIpc) is 2.89. The molecule has 3 aromatic carbocycles. The van der Waals surface area contributed by atoms with Crippen LogP contribution in [-0.2, 0) is 31.3 Å². The molecule has 0 saturated carbocycles. The van der Waals surface area contributed by atoms with Crippen molar-refractivity contribution < 1.29 is 21.6 Å². The van der Waals surface area contributed by atoms with Gasteiger partial charge < -0.3 is 5.32 Å². The summed E-state index contributed by atoms with van der Waals surface area (Å²) in [5.41, 5.74) is 1.78. The van der Waals surface area contributed by atoms with Crippen LogP contribution in [0.1, 0.15) is 24.8 Å². The molecule has 0 spiro atoms. The fourth-order valence-corrected chi connectivity index (χ4v) is 7.52. The molecule has 1 amide bonds. The average molecular weight is 611 g/mol. The molecule has 1 heterocycles. The normalized spacial score (nSPS) is 15.1. The molecule has 1 saturated heterocycles. The third kappa shape index (κ3) is 8.18. The smallest absolute Gasteiger partial charge is 0.261 e. The Hall–Kier alpha value is -2.63. The predicted octanol–water partition coefficient (Wildman–Crippen LogP) is 5.41. The van der Waals surface area contributed by atoms with E-state index >= 15 is 0 Å². The van der Waals surface area contributed by atoms with Gasteiger partial charge in [0, 0.05) is 34.7 Å². The van der Waals surface area contributed by atoms with E-state index < -0.39 is 20.0 Å². The van der Waals surface area contributed by atoms with Crippen LogP contribution in [0.4, 0.5) is 11.4 Å². The monoisotopic (exact) mass is 609 g/mol. The Morgan fingerprint density at radius 3 is 2.08 bits per heavy atom. The third-order valence-electron chi connectivity index (χ3n) is 6.48. The molecule has 0 atom stereocenters. The lowest BCUT2D eigenvalue weighted by atomic mass is 9.97. The lowest BCUT2D eigenvalue weighted by Crippen LogP contribution is -2.42. The van der Waals surface area contributed by atoms with Gasteiger partial charge in [0.25, 0.3) is 10.0 Å². The van der Waals surface area contributed by atoms with Gasteiger partial charge in [-0.25, -0.2) is 21.1 Å². The van der Waals surface area contributed by atoms with Crippen LogP contribution in [0.2, 0.25) is 10.0 Å². The van der Waals surface area contributed by atoms with Gasteiger partial charge in [-0.05, 0) is 73.7 Å². The molecule has 1 aliphatic rings. The predicted molar refractivity (Wildman–Crippen MR) is 155 cm³/mol. The van der Waals surface area contributed by atoms with E-state index in [-0.39, 0.29) is 28.2 Å². The minimum Gasteiger partial charge on any atom is -0.326 e. The number of aryl methyl sites for hydroxylation is 1. The van der Waals surface area contributed by atoms with Crippen molar-refractivity contribution >= 4 is 60.5 Å². The zero-order valence-electron chi connectivity index (χ0n) is 21.0. The first kappa shape index (κ1) is 29.4. The third-order valence-corrected chi connectivity index (χ3v) is 10.3. The maximum Gasteiger partial charge on any atom is 0.261 e. The quantitative estimate of drug-likeness (QED) is 0.319. The Bertz CT molecular complexity index is 1490. The van der Waals surface area contributed by atoms with Gasteiger partial charge in [0.15, 0.2) is 0 Å². The standard InChI is InChI=1S/C27H29Cl2N3O5S2/c28-22-17-23(29)19-25(18-22)31-39(36,37)26-10-8-24(9-11-26)30-27(33)21-12-14-32(15-13-21)38(34,35)16-4-7-20-5-2-1-3-6-20/h1-3,5-6,8-11,17-19,21,31H,4,7,12-16H2,(H,30,33). The summed E-state index contributed by atoms with van der Waals surface area (Å²) in [5, 5.41) is 3.40. The van der Waals surface area contributed by atoms with Crippen LogP contribution in [0, 0.1) is 5.92 Å². The SMILES string of the molecule is O=C(Nc1ccc(S(=O)(=O)Nc2cc(Cl)cc(Cl)c2)cc1)C1CCN(S(=O)(=O)CCCc2ccccc2)CC1. The van der Waals surface area contributed by atoms with E-state index in [2.05, 4.69) is 10.0 Å². The topological polar surface area (TPSA) is 113 Å². The molecule has 0 aromatic heterocycles. The number of benzene rings is 3. The van der Waals surface area contributed by atoms with Crippen molar-refractivity contribution in [2.75, 3.05) is 28.9 Å². The van der Waals surface area contributed by atoms with Gasteiger partial charge >= 0.3 is 0 Å². The van der Waals surface area contributed by atoms with Gasteiger partial charge in [-0.1, -0.05) is 53.5 Å². The second-order valence-corrected chi connectivity index (χ2v) is 14.0. The van der Waals surface area contributed by atoms with Crippen LogP contribution < -0.4 is 10.0 Å². The number of anilines is 2. The number of carbonyl (C=O) groups excluding carboxylic acids is 1. The Balaban J connectivity index is 1.27. The molecule has 0 radical (unpaired) electrons. The van der Waals surface area contributed by atoms with E-state index in [4.69, 9.17) is 23.2 Å². The molecular formula is C27H29Cl2N3O5S2. The first-order chi connectivity index (χ1) is 18.5. The number of piperidine rings is 1. The minimum atomic E-state index is -3.90. The molecule has 8 nitrogen and oxygen atoms in total. The summed E-state index contributed by atoms with van der Waals surface area (Å²) >= 11 is 11.9. The Morgan fingerprint density at radius 1 is 0.846 bits per heavy atom. The summed E-state index contributed by atoms with van der Waals surface area (Å²) in [6.45, 7) is 0.588. The number of nitrogens with one attached hydrogen (secondary N) is 2. The second-order valence-electron chi connectivity index (χ2n) is 9.36. The number of amides is 1. The molecule has 4 rings (SSSR count). The fraction of sp³-hybridized carbons (Fsp3) is 0.296. The summed E-state index contributed by atoms with van der Waals surface area (Å²) < 4.78 is 54.9. The first-order valence-corrected chi connectivity index (χ1v) is 16.3. The van der Waals surface area contributed by atoms with Crippen molar-refractivity contribution in [1.29, 1.82) is 0 Å². The van der Waals surface area contributed by atoms with Gasteiger partial charge in [0.2, 0.25) is 15.9 Å². The van der Waals surface area contributed by atoms with Crippen LogP contribution in [0.3, 0.4) is 0 Å². The van der Waals surface area contributed by atoms with E-state index in [0.717, 1.165) is 5.56 Å². The second kappa shape index (κ2) is 12.7. The van der Waals surface area contributed by atoms with E-state index in [1.54, 1.807) is 0 Å². The number of rotatable bonds is 10. The molecule has 12 heteroatoms. The number of hydrogen-bond acceptors (Lipinski definition) is 5. The molecular weight excluding hydrogens is 581 g/mol. The zero-order valence-corrected chi connectivity index (χ0v) is 24.2. The van der Waals surface area contributed by atoms with Gasteiger partial charge in [-0.2, -0.15) is 0 Å². The molecule has 3 aromatic rings. The lowest BCUT2D eigenvalue weighted by Gasteiger charge is -2.30. The van der Waals surface area contributed by atoms with Crippen LogP contribution in [0.5, 0.6) is 0 Å². The maximum absolute atomic E-state index is 12.8. The van der Waals surface area contributed by atoms with Gasteiger partial charge in [-0.15, -0.1) is 0 Å². The number of hydrogen-bond donors (Lipinski definition) is 2. The van der Waals surface area contributed by atoms with Crippen LogP contribution in [0.25, 0.3) is 0 Å². The summed E-state index contributed by atoms with van der Waals surface area (Å²) in [5.74, 6) is -0.482. The largest absolute Gasteiger partial charge is 0.326 e. The minimum absolute atomic E-state index is 0.00220. The summed E-state index contributed by atoms with van der Waals surface area (Å²) in [7, 11) is -7.28. The maximum atomic E-state index is 12.8. The molecule has 0 bridgehead atoms. The highest BCUT2D eigenvalue weighted by Crippen LogP contribution is 2.26. The van der Waals surface area contributed by atoms with Gasteiger partial charge in [0.05, 0.1) is 16.3 Å². The first-order valence-electron chi connectivity index (χ1n) is 12.4. The Labute approximate surface area is 239 Å². The van der Waals surface area contributed by atoms with Crippen molar-refractivity contribution in [3.05, 3.63) is 88.4 Å². The molecule has 208 valence electrons. The van der Waals surface area contributed by atoms with Crippen LogP contribution in [-0.4, -0.2) is 45.9 Å². The highest BCUT2D eigenvalue weighted by atomic mass is 35.5. The highest BCUT2D eigenvalue weighted by Gasteiger charge is 2.31. The van der Waals surface area contributed by atoms with Crippen molar-refractivity contribution in [2.45, 2.75) is 30.6 Å². The van der Waals surface area contributed by atoms with Crippen molar-refractivity contribution in [3.63, 3.8) is 0 Å². The van der Waals surface area contributed by atoms with E-state index in [0.29, 0.717) is 54.5 Å². The molecule has 1 fully saturated rings. The van der Waals surface area contributed by atoms with Crippen molar-refractivity contribution in [1.82, 2.24) is 4.31 Å². The van der Waals surface area contributed by atoms with E-state index in [1.807, 2.05) is 30.3 Å².